The average Bonchev–Trinajstić information content (AvgIpc) is 3.00. The molecule has 0 spiro atoms. The van der Waals surface area contributed by atoms with Gasteiger partial charge >= 0.3 is 0 Å². The lowest BCUT2D eigenvalue weighted by Gasteiger charge is -2.19. The summed E-state index contributed by atoms with van der Waals surface area (Å²) in [6.07, 6.45) is -5.09. The molecule has 1 fully saturated rings. The van der Waals surface area contributed by atoms with Gasteiger partial charge in [0.25, 0.3) is 0 Å². The minimum absolute atomic E-state index is 0.565. The fourth-order valence-electron chi connectivity index (χ4n) is 3.40. The van der Waals surface area contributed by atoms with Gasteiger partial charge in [-0.25, -0.2) is 0 Å². The molecular formula is C21H25ClO6. The second-order valence-corrected chi connectivity index (χ2v) is 7.26. The molecule has 0 bridgehead atoms. The van der Waals surface area contributed by atoms with E-state index in [0.717, 1.165) is 16.9 Å². The molecule has 0 saturated carbocycles. The normalized spacial score (nSPS) is 25.6. The van der Waals surface area contributed by atoms with Crippen molar-refractivity contribution in [2.24, 2.45) is 0 Å². The molecule has 152 valence electrons. The van der Waals surface area contributed by atoms with Gasteiger partial charge in [0.1, 0.15) is 36.3 Å². The van der Waals surface area contributed by atoms with Crippen LogP contribution in [0.15, 0.2) is 42.5 Å². The third kappa shape index (κ3) is 4.49. The SMILES string of the molecule is CCOc1ccc(Cc2cc([C@@H]3O[C@@H]([C@@H](O)CO)[C@H](O)[C@H]3O)ccc2Cl)cc1. The van der Waals surface area contributed by atoms with E-state index in [4.69, 9.17) is 26.2 Å². The Morgan fingerprint density at radius 3 is 2.46 bits per heavy atom. The number of hydrogen-bond donors (Lipinski definition) is 4. The lowest BCUT2D eigenvalue weighted by molar-refractivity contribution is -0.0820. The predicted molar refractivity (Wildman–Crippen MR) is 105 cm³/mol. The van der Waals surface area contributed by atoms with E-state index in [0.29, 0.717) is 23.6 Å². The highest BCUT2D eigenvalue weighted by Crippen LogP contribution is 2.36. The molecule has 0 aliphatic carbocycles. The summed E-state index contributed by atoms with van der Waals surface area (Å²) in [5, 5.41) is 40.0. The summed E-state index contributed by atoms with van der Waals surface area (Å²) in [5.41, 5.74) is 2.54. The van der Waals surface area contributed by atoms with E-state index in [9.17, 15) is 15.3 Å². The van der Waals surface area contributed by atoms with Crippen LogP contribution in [0.2, 0.25) is 5.02 Å². The van der Waals surface area contributed by atoms with Crippen LogP contribution in [0.1, 0.15) is 29.7 Å². The number of ether oxygens (including phenoxy) is 2. The first-order chi connectivity index (χ1) is 13.4. The summed E-state index contributed by atoms with van der Waals surface area (Å²) in [5.74, 6) is 0.802. The van der Waals surface area contributed by atoms with Crippen molar-refractivity contribution in [3.63, 3.8) is 0 Å². The van der Waals surface area contributed by atoms with Crippen LogP contribution >= 0.6 is 11.6 Å². The van der Waals surface area contributed by atoms with Crippen molar-refractivity contribution in [3.05, 3.63) is 64.2 Å². The van der Waals surface area contributed by atoms with Gasteiger partial charge in [-0.3, -0.25) is 0 Å². The standard InChI is InChI=1S/C21H25ClO6/c1-2-27-15-6-3-12(4-7-15)9-14-10-13(5-8-16(14)22)20-18(25)19(26)21(28-20)17(24)11-23/h3-8,10,17-21,23-26H,2,9,11H2,1H3/t17-,18+,19+,20-,21-/m0/s1. The first kappa shape index (κ1) is 21.0. The van der Waals surface area contributed by atoms with Gasteiger partial charge < -0.3 is 29.9 Å². The van der Waals surface area contributed by atoms with Gasteiger partial charge in [-0.15, -0.1) is 0 Å². The molecule has 2 aromatic rings. The van der Waals surface area contributed by atoms with Crippen LogP contribution in [0.3, 0.4) is 0 Å². The fourth-order valence-corrected chi connectivity index (χ4v) is 3.58. The van der Waals surface area contributed by atoms with Gasteiger partial charge in [0.15, 0.2) is 0 Å². The van der Waals surface area contributed by atoms with E-state index < -0.39 is 37.1 Å². The Balaban J connectivity index is 1.79. The number of benzene rings is 2. The van der Waals surface area contributed by atoms with Crippen molar-refractivity contribution in [2.75, 3.05) is 13.2 Å². The van der Waals surface area contributed by atoms with Crippen molar-refractivity contribution >= 4 is 11.6 Å². The van der Waals surface area contributed by atoms with E-state index >= 15 is 0 Å². The van der Waals surface area contributed by atoms with Gasteiger partial charge in [-0.2, -0.15) is 0 Å². The van der Waals surface area contributed by atoms with Gasteiger partial charge in [-0.05, 0) is 48.2 Å². The third-order valence-electron chi connectivity index (χ3n) is 4.89. The van der Waals surface area contributed by atoms with Crippen LogP contribution in [0, 0.1) is 0 Å². The smallest absolute Gasteiger partial charge is 0.119 e. The van der Waals surface area contributed by atoms with Gasteiger partial charge in [-0.1, -0.05) is 35.9 Å². The van der Waals surface area contributed by atoms with E-state index in [1.54, 1.807) is 12.1 Å². The van der Waals surface area contributed by atoms with Crippen molar-refractivity contribution in [1.29, 1.82) is 0 Å². The Labute approximate surface area is 168 Å². The van der Waals surface area contributed by atoms with E-state index in [2.05, 4.69) is 0 Å². The minimum Gasteiger partial charge on any atom is -0.494 e. The van der Waals surface area contributed by atoms with Crippen LogP contribution in [0.25, 0.3) is 0 Å². The second-order valence-electron chi connectivity index (χ2n) is 6.86. The van der Waals surface area contributed by atoms with Crippen molar-refractivity contribution in [2.45, 2.75) is 43.9 Å². The van der Waals surface area contributed by atoms with Gasteiger partial charge in [0.2, 0.25) is 0 Å². The Bertz CT molecular complexity index is 781. The van der Waals surface area contributed by atoms with Gasteiger partial charge in [0.05, 0.1) is 13.2 Å². The zero-order valence-electron chi connectivity index (χ0n) is 15.5. The number of halogens is 1. The fraction of sp³-hybridized carbons (Fsp3) is 0.429. The molecule has 0 amide bonds. The molecular weight excluding hydrogens is 384 g/mol. The maximum Gasteiger partial charge on any atom is 0.119 e. The van der Waals surface area contributed by atoms with E-state index in [1.165, 1.54) is 0 Å². The predicted octanol–water partition coefficient (Wildman–Crippen LogP) is 1.84. The lowest BCUT2D eigenvalue weighted by Crippen LogP contribution is -2.40. The molecule has 0 aromatic heterocycles. The summed E-state index contributed by atoms with van der Waals surface area (Å²) in [6, 6.07) is 13.0. The Kier molecular flexibility index (Phi) is 6.93. The molecule has 1 heterocycles. The molecule has 0 radical (unpaired) electrons. The summed E-state index contributed by atoms with van der Waals surface area (Å²) in [7, 11) is 0. The molecule has 0 unspecified atom stereocenters. The molecule has 1 aliphatic rings. The molecule has 6 nitrogen and oxygen atoms in total. The Hall–Kier alpha value is -1.67. The number of hydrogen-bond acceptors (Lipinski definition) is 6. The quantitative estimate of drug-likeness (QED) is 0.558. The molecule has 3 rings (SSSR count). The topological polar surface area (TPSA) is 99.4 Å². The van der Waals surface area contributed by atoms with Crippen LogP contribution in [0.4, 0.5) is 0 Å². The highest BCUT2D eigenvalue weighted by molar-refractivity contribution is 6.31. The first-order valence-electron chi connectivity index (χ1n) is 9.25. The minimum atomic E-state index is -1.29. The monoisotopic (exact) mass is 408 g/mol. The molecule has 4 N–H and O–H groups in total. The Morgan fingerprint density at radius 2 is 1.82 bits per heavy atom. The van der Waals surface area contributed by atoms with Crippen LogP contribution in [-0.2, 0) is 11.2 Å². The summed E-state index contributed by atoms with van der Waals surface area (Å²) in [6.45, 7) is 1.97. The number of aliphatic hydroxyl groups excluding tert-OH is 4. The maximum atomic E-state index is 10.3. The number of aliphatic hydroxyl groups is 4. The van der Waals surface area contributed by atoms with Crippen molar-refractivity contribution < 1.29 is 29.9 Å². The average molecular weight is 409 g/mol. The summed E-state index contributed by atoms with van der Waals surface area (Å²) < 4.78 is 11.1. The van der Waals surface area contributed by atoms with E-state index in [-0.39, 0.29) is 0 Å². The number of rotatable bonds is 7. The van der Waals surface area contributed by atoms with Crippen molar-refractivity contribution in [1.82, 2.24) is 0 Å². The molecule has 1 saturated heterocycles. The first-order valence-corrected chi connectivity index (χ1v) is 9.63. The largest absolute Gasteiger partial charge is 0.494 e. The highest BCUT2D eigenvalue weighted by Gasteiger charge is 2.46. The maximum absolute atomic E-state index is 10.3. The lowest BCUT2D eigenvalue weighted by atomic mass is 9.96. The van der Waals surface area contributed by atoms with Crippen LogP contribution < -0.4 is 4.74 Å². The van der Waals surface area contributed by atoms with E-state index in [1.807, 2.05) is 37.3 Å². The van der Waals surface area contributed by atoms with Crippen LogP contribution in [-0.4, -0.2) is 58.1 Å². The Morgan fingerprint density at radius 1 is 1.11 bits per heavy atom. The molecule has 5 atom stereocenters. The second kappa shape index (κ2) is 9.22. The van der Waals surface area contributed by atoms with Crippen molar-refractivity contribution in [3.8, 4) is 5.75 Å². The molecule has 2 aromatic carbocycles. The van der Waals surface area contributed by atoms with Crippen LogP contribution in [0.5, 0.6) is 5.75 Å². The molecule has 28 heavy (non-hydrogen) atoms. The summed E-state index contributed by atoms with van der Waals surface area (Å²) in [4.78, 5) is 0. The zero-order valence-corrected chi connectivity index (χ0v) is 16.3. The summed E-state index contributed by atoms with van der Waals surface area (Å²) >= 11 is 6.35. The molecule has 1 aliphatic heterocycles. The molecule has 7 heteroatoms. The highest BCUT2D eigenvalue weighted by atomic mass is 35.5. The van der Waals surface area contributed by atoms with Gasteiger partial charge in [0, 0.05) is 5.02 Å². The zero-order chi connectivity index (χ0) is 20.3. The third-order valence-corrected chi connectivity index (χ3v) is 5.26.